The molecule has 2 aromatic rings. The highest BCUT2D eigenvalue weighted by Crippen LogP contribution is 2.20. The van der Waals surface area contributed by atoms with Crippen LogP contribution in [0.25, 0.3) is 0 Å². The molecule has 2 rings (SSSR count). The molecule has 0 aliphatic rings. The first-order chi connectivity index (χ1) is 10.5. The largest absolute Gasteiger partial charge is 0.381 e. The van der Waals surface area contributed by atoms with Crippen LogP contribution < -0.4 is 10.6 Å². The molecule has 1 aromatic carbocycles. The third-order valence-electron chi connectivity index (χ3n) is 3.46. The predicted octanol–water partition coefficient (Wildman–Crippen LogP) is 4.51. The molecule has 0 fully saturated rings. The molecular weight excluding hydrogens is 298 g/mol. The molecule has 1 unspecified atom stereocenters. The van der Waals surface area contributed by atoms with Crippen LogP contribution >= 0.6 is 11.6 Å². The van der Waals surface area contributed by atoms with Gasteiger partial charge in [-0.3, -0.25) is 9.78 Å². The zero-order valence-electron chi connectivity index (χ0n) is 13.0. The lowest BCUT2D eigenvalue weighted by Crippen LogP contribution is -2.16. The van der Waals surface area contributed by atoms with Crippen molar-refractivity contribution in [3.8, 4) is 0 Å². The second-order valence-corrected chi connectivity index (χ2v) is 5.74. The smallest absolute Gasteiger partial charge is 0.257 e. The summed E-state index contributed by atoms with van der Waals surface area (Å²) in [7, 11) is 0. The summed E-state index contributed by atoms with van der Waals surface area (Å²) in [6.07, 6.45) is 4.26. The monoisotopic (exact) mass is 317 g/mol. The van der Waals surface area contributed by atoms with Crippen LogP contribution in [0.5, 0.6) is 0 Å². The molecular formula is C17H20ClN3O. The highest BCUT2D eigenvalue weighted by atomic mass is 35.5. The van der Waals surface area contributed by atoms with Crippen LogP contribution in [0.4, 0.5) is 11.4 Å². The van der Waals surface area contributed by atoms with E-state index < -0.39 is 0 Å². The first-order valence-corrected chi connectivity index (χ1v) is 7.66. The Morgan fingerprint density at radius 3 is 2.73 bits per heavy atom. The van der Waals surface area contributed by atoms with Gasteiger partial charge in [-0.1, -0.05) is 24.6 Å². The number of rotatable bonds is 5. The van der Waals surface area contributed by atoms with Gasteiger partial charge in [-0.05, 0) is 44.0 Å². The molecule has 0 spiro atoms. The number of carbonyl (C=O) groups is 1. The third kappa shape index (κ3) is 4.21. The summed E-state index contributed by atoms with van der Waals surface area (Å²) in [5, 5.41) is 6.76. The van der Waals surface area contributed by atoms with Crippen molar-refractivity contribution >= 4 is 28.9 Å². The fourth-order valence-corrected chi connectivity index (χ4v) is 2.08. The van der Waals surface area contributed by atoms with Crippen molar-refractivity contribution in [1.29, 1.82) is 0 Å². The van der Waals surface area contributed by atoms with E-state index in [1.165, 1.54) is 0 Å². The molecule has 0 saturated heterocycles. The van der Waals surface area contributed by atoms with Crippen molar-refractivity contribution in [2.24, 2.45) is 0 Å². The number of benzene rings is 1. The number of carbonyl (C=O) groups excluding carboxylic acids is 1. The number of aromatic nitrogens is 1. The Kier molecular flexibility index (Phi) is 5.39. The van der Waals surface area contributed by atoms with E-state index in [1.54, 1.807) is 24.5 Å². The number of hydrogen-bond donors (Lipinski definition) is 2. The number of halogens is 1. The fraction of sp³-hybridized carbons (Fsp3) is 0.294. The summed E-state index contributed by atoms with van der Waals surface area (Å²) >= 11 is 6.07. The van der Waals surface area contributed by atoms with E-state index in [4.69, 9.17) is 11.6 Å². The van der Waals surface area contributed by atoms with Gasteiger partial charge in [0.05, 0.1) is 11.3 Å². The minimum atomic E-state index is -0.208. The molecule has 2 N–H and O–H groups in total. The SMILES string of the molecule is CCC(C)Nc1cncc(C(=O)Nc2ccc(C)c(Cl)c2)c1. The summed E-state index contributed by atoms with van der Waals surface area (Å²) in [4.78, 5) is 16.4. The minimum Gasteiger partial charge on any atom is -0.381 e. The molecule has 0 bridgehead atoms. The van der Waals surface area contributed by atoms with Crippen LogP contribution in [0.2, 0.25) is 5.02 Å². The van der Waals surface area contributed by atoms with Crippen LogP contribution in [-0.2, 0) is 0 Å². The Morgan fingerprint density at radius 2 is 2.05 bits per heavy atom. The standard InChI is InChI=1S/C17H20ClN3O/c1-4-12(3)20-15-7-13(9-19-10-15)17(22)21-14-6-5-11(2)16(18)8-14/h5-10,12,20H,4H2,1-3H3,(H,21,22). The molecule has 0 aliphatic heterocycles. The number of amides is 1. The molecule has 1 aromatic heterocycles. The average molecular weight is 318 g/mol. The third-order valence-corrected chi connectivity index (χ3v) is 3.86. The van der Waals surface area contributed by atoms with Crippen molar-refractivity contribution in [3.63, 3.8) is 0 Å². The van der Waals surface area contributed by atoms with Gasteiger partial charge in [0.25, 0.3) is 5.91 Å². The van der Waals surface area contributed by atoms with Crippen molar-refractivity contribution in [2.45, 2.75) is 33.2 Å². The zero-order valence-corrected chi connectivity index (χ0v) is 13.7. The first kappa shape index (κ1) is 16.3. The van der Waals surface area contributed by atoms with Gasteiger partial charge in [0.1, 0.15) is 0 Å². The molecule has 1 heterocycles. The van der Waals surface area contributed by atoms with E-state index in [0.29, 0.717) is 22.3 Å². The average Bonchev–Trinajstić information content (AvgIpc) is 2.51. The van der Waals surface area contributed by atoms with E-state index in [1.807, 2.05) is 19.1 Å². The van der Waals surface area contributed by atoms with Gasteiger partial charge in [-0.15, -0.1) is 0 Å². The summed E-state index contributed by atoms with van der Waals surface area (Å²) in [5.41, 5.74) is 2.98. The van der Waals surface area contributed by atoms with Crippen LogP contribution in [0, 0.1) is 6.92 Å². The van der Waals surface area contributed by atoms with E-state index >= 15 is 0 Å². The Morgan fingerprint density at radius 1 is 1.27 bits per heavy atom. The van der Waals surface area contributed by atoms with Crippen LogP contribution in [-0.4, -0.2) is 16.9 Å². The Bertz CT molecular complexity index is 673. The van der Waals surface area contributed by atoms with E-state index in [-0.39, 0.29) is 5.91 Å². The normalized spacial score (nSPS) is 11.8. The number of pyridine rings is 1. The van der Waals surface area contributed by atoms with Crippen LogP contribution in [0.3, 0.4) is 0 Å². The number of nitrogens with zero attached hydrogens (tertiary/aromatic N) is 1. The molecule has 22 heavy (non-hydrogen) atoms. The second kappa shape index (κ2) is 7.27. The number of hydrogen-bond acceptors (Lipinski definition) is 3. The number of anilines is 2. The van der Waals surface area contributed by atoms with Gasteiger partial charge < -0.3 is 10.6 Å². The predicted molar refractivity (Wildman–Crippen MR) is 91.8 cm³/mol. The molecule has 1 amide bonds. The quantitative estimate of drug-likeness (QED) is 0.853. The van der Waals surface area contributed by atoms with Crippen molar-refractivity contribution in [1.82, 2.24) is 4.98 Å². The van der Waals surface area contributed by atoms with Crippen molar-refractivity contribution in [3.05, 3.63) is 52.8 Å². The number of nitrogens with one attached hydrogen (secondary N) is 2. The maximum atomic E-state index is 12.3. The second-order valence-electron chi connectivity index (χ2n) is 5.33. The zero-order chi connectivity index (χ0) is 16.1. The van der Waals surface area contributed by atoms with Gasteiger partial charge in [0, 0.05) is 29.1 Å². The van der Waals surface area contributed by atoms with Gasteiger partial charge in [0.2, 0.25) is 0 Å². The van der Waals surface area contributed by atoms with Crippen molar-refractivity contribution < 1.29 is 4.79 Å². The molecule has 0 radical (unpaired) electrons. The Balaban J connectivity index is 2.12. The summed E-state index contributed by atoms with van der Waals surface area (Å²) < 4.78 is 0. The maximum absolute atomic E-state index is 12.3. The van der Waals surface area contributed by atoms with Gasteiger partial charge in [-0.25, -0.2) is 0 Å². The fourth-order valence-electron chi connectivity index (χ4n) is 1.90. The topological polar surface area (TPSA) is 54.0 Å². The van der Waals surface area contributed by atoms with Gasteiger partial charge in [0.15, 0.2) is 0 Å². The van der Waals surface area contributed by atoms with E-state index in [9.17, 15) is 4.79 Å². The molecule has 4 nitrogen and oxygen atoms in total. The summed E-state index contributed by atoms with van der Waals surface area (Å²) in [5.74, 6) is -0.208. The Hall–Kier alpha value is -2.07. The molecule has 0 saturated carbocycles. The maximum Gasteiger partial charge on any atom is 0.257 e. The van der Waals surface area contributed by atoms with Gasteiger partial charge in [-0.2, -0.15) is 0 Å². The molecule has 5 heteroatoms. The first-order valence-electron chi connectivity index (χ1n) is 7.28. The van der Waals surface area contributed by atoms with Crippen LogP contribution in [0.1, 0.15) is 36.2 Å². The van der Waals surface area contributed by atoms with E-state index in [0.717, 1.165) is 17.7 Å². The lowest BCUT2D eigenvalue weighted by atomic mass is 10.2. The minimum absolute atomic E-state index is 0.208. The lowest BCUT2D eigenvalue weighted by molar-refractivity contribution is 0.102. The summed E-state index contributed by atoms with van der Waals surface area (Å²) in [6, 6.07) is 7.56. The highest BCUT2D eigenvalue weighted by molar-refractivity contribution is 6.31. The molecule has 1 atom stereocenters. The van der Waals surface area contributed by atoms with Crippen LogP contribution in [0.15, 0.2) is 36.7 Å². The van der Waals surface area contributed by atoms with E-state index in [2.05, 4.69) is 29.5 Å². The Labute approximate surface area is 135 Å². The molecule has 0 aliphatic carbocycles. The molecule has 116 valence electrons. The van der Waals surface area contributed by atoms with Crippen molar-refractivity contribution in [2.75, 3.05) is 10.6 Å². The highest BCUT2D eigenvalue weighted by Gasteiger charge is 2.09. The summed E-state index contributed by atoms with van der Waals surface area (Å²) in [6.45, 7) is 6.10. The lowest BCUT2D eigenvalue weighted by Gasteiger charge is -2.13. The van der Waals surface area contributed by atoms with Gasteiger partial charge >= 0.3 is 0 Å². The number of aryl methyl sites for hydroxylation is 1.